The Morgan fingerprint density at radius 2 is 2.00 bits per heavy atom. The molecule has 0 unspecified atom stereocenters. The Morgan fingerprint density at radius 3 is 2.60 bits per heavy atom. The number of ether oxygens (including phenoxy) is 1. The zero-order valence-electron chi connectivity index (χ0n) is 14.0. The van der Waals surface area contributed by atoms with Crippen molar-refractivity contribution in [2.75, 3.05) is 25.1 Å². The highest BCUT2D eigenvalue weighted by Crippen LogP contribution is 2.35. The Kier molecular flexibility index (Phi) is 5.34. The molecule has 1 aromatic carbocycles. The predicted molar refractivity (Wildman–Crippen MR) is 100.0 cm³/mol. The molecule has 0 aliphatic carbocycles. The molecule has 0 radical (unpaired) electrons. The second-order valence-electron chi connectivity index (χ2n) is 6.37. The zero-order chi connectivity index (χ0) is 17.9. The van der Waals surface area contributed by atoms with E-state index in [-0.39, 0.29) is 11.1 Å². The van der Waals surface area contributed by atoms with Gasteiger partial charge in [-0.3, -0.25) is 10.1 Å². The molecule has 1 N–H and O–H groups in total. The summed E-state index contributed by atoms with van der Waals surface area (Å²) in [5.41, 5.74) is 1.88. The molecular weight excluding hydrogens is 386 g/mol. The van der Waals surface area contributed by atoms with E-state index in [0.717, 1.165) is 30.5 Å². The topological polar surface area (TPSA) is 77.3 Å². The van der Waals surface area contributed by atoms with E-state index < -0.39 is 4.92 Å². The number of anilines is 1. The Morgan fingerprint density at radius 1 is 1.32 bits per heavy atom. The molecule has 0 bridgehead atoms. The Labute approximate surface area is 154 Å². The quantitative estimate of drug-likeness (QED) is 0.594. The van der Waals surface area contributed by atoms with Crippen LogP contribution in [-0.2, 0) is 10.2 Å². The number of benzene rings is 1. The summed E-state index contributed by atoms with van der Waals surface area (Å²) in [5, 5.41) is 14.3. The largest absolute Gasteiger partial charge is 0.381 e. The van der Waals surface area contributed by atoms with Crippen LogP contribution in [0, 0.1) is 17.0 Å². The molecule has 0 amide bonds. The third-order valence-corrected chi connectivity index (χ3v) is 5.32. The minimum Gasteiger partial charge on any atom is -0.381 e. The lowest BCUT2D eigenvalue weighted by molar-refractivity contribution is -0.385. The molecule has 0 atom stereocenters. The number of aryl methyl sites for hydroxylation is 1. The number of rotatable bonds is 5. The molecule has 25 heavy (non-hydrogen) atoms. The molecule has 1 aliphatic rings. The summed E-state index contributed by atoms with van der Waals surface area (Å²) >= 11 is 3.48. The van der Waals surface area contributed by atoms with Crippen molar-refractivity contribution in [1.82, 2.24) is 4.98 Å². The fourth-order valence-corrected chi connectivity index (χ4v) is 3.49. The molecule has 0 saturated carbocycles. The van der Waals surface area contributed by atoms with E-state index >= 15 is 0 Å². The lowest BCUT2D eigenvalue weighted by Gasteiger charge is -2.38. The van der Waals surface area contributed by atoms with Crippen LogP contribution in [0.2, 0.25) is 0 Å². The van der Waals surface area contributed by atoms with Gasteiger partial charge in [0.1, 0.15) is 12.0 Å². The summed E-state index contributed by atoms with van der Waals surface area (Å²) < 4.78 is 6.61. The monoisotopic (exact) mass is 405 g/mol. The molecule has 7 heteroatoms. The van der Waals surface area contributed by atoms with Crippen molar-refractivity contribution in [3.05, 3.63) is 62.2 Å². The second-order valence-corrected chi connectivity index (χ2v) is 7.28. The highest BCUT2D eigenvalue weighted by molar-refractivity contribution is 9.10. The maximum atomic E-state index is 10.9. The van der Waals surface area contributed by atoms with E-state index in [1.54, 1.807) is 13.0 Å². The van der Waals surface area contributed by atoms with Crippen LogP contribution in [0.5, 0.6) is 0 Å². The first-order chi connectivity index (χ1) is 12.0. The summed E-state index contributed by atoms with van der Waals surface area (Å²) in [6.07, 6.45) is 3.16. The molecule has 1 aromatic heterocycles. The number of hydrogen-bond acceptors (Lipinski definition) is 5. The predicted octanol–water partition coefficient (Wildman–Crippen LogP) is 4.22. The molecule has 0 spiro atoms. The van der Waals surface area contributed by atoms with Gasteiger partial charge in [-0.15, -0.1) is 0 Å². The van der Waals surface area contributed by atoms with Crippen LogP contribution in [0.3, 0.4) is 0 Å². The van der Waals surface area contributed by atoms with Gasteiger partial charge < -0.3 is 10.1 Å². The Bertz CT molecular complexity index is 759. The van der Waals surface area contributed by atoms with Gasteiger partial charge in [0.05, 0.1) is 4.92 Å². The van der Waals surface area contributed by atoms with Crippen LogP contribution < -0.4 is 5.32 Å². The highest BCUT2D eigenvalue weighted by atomic mass is 79.9. The molecule has 2 heterocycles. The van der Waals surface area contributed by atoms with Crippen molar-refractivity contribution in [3.8, 4) is 0 Å². The Balaban J connectivity index is 1.81. The van der Waals surface area contributed by atoms with Crippen molar-refractivity contribution in [3.63, 3.8) is 0 Å². The molecular formula is C18H20BrN3O3. The summed E-state index contributed by atoms with van der Waals surface area (Å²) in [6.45, 7) is 3.89. The van der Waals surface area contributed by atoms with E-state index in [1.165, 1.54) is 11.8 Å². The first-order valence-electron chi connectivity index (χ1n) is 8.19. The standard InChI is InChI=1S/C18H20BrN3O3/c1-13-10-17(20-11-16(13)22(23)24)21-12-18(6-8-25-9-7-18)14-2-4-15(19)5-3-14/h2-5,10-11H,6-9,12H2,1H3,(H,20,21). The number of nitrogens with zero attached hydrogens (tertiary/aromatic N) is 2. The molecule has 6 nitrogen and oxygen atoms in total. The maximum absolute atomic E-state index is 10.9. The van der Waals surface area contributed by atoms with Gasteiger partial charge >= 0.3 is 0 Å². The SMILES string of the molecule is Cc1cc(NCC2(c3ccc(Br)cc3)CCOCC2)ncc1[N+](=O)[O-]. The molecule has 1 aliphatic heterocycles. The number of nitrogens with one attached hydrogen (secondary N) is 1. The number of pyridine rings is 1. The van der Waals surface area contributed by atoms with Gasteiger partial charge in [-0.1, -0.05) is 28.1 Å². The van der Waals surface area contributed by atoms with Crippen LogP contribution in [-0.4, -0.2) is 29.7 Å². The summed E-state index contributed by atoms with van der Waals surface area (Å²) in [4.78, 5) is 14.7. The van der Waals surface area contributed by atoms with Crippen LogP contribution in [0.25, 0.3) is 0 Å². The summed E-state index contributed by atoms with van der Waals surface area (Å²) in [5.74, 6) is 0.658. The third kappa shape index (κ3) is 3.99. The number of hydrogen-bond donors (Lipinski definition) is 1. The van der Waals surface area contributed by atoms with Gasteiger partial charge in [0.25, 0.3) is 5.69 Å². The first-order valence-corrected chi connectivity index (χ1v) is 8.98. The lowest BCUT2D eigenvalue weighted by Crippen LogP contribution is -2.40. The molecule has 3 rings (SSSR count). The zero-order valence-corrected chi connectivity index (χ0v) is 15.6. The van der Waals surface area contributed by atoms with Crippen LogP contribution >= 0.6 is 15.9 Å². The maximum Gasteiger partial charge on any atom is 0.290 e. The fraction of sp³-hybridized carbons (Fsp3) is 0.389. The van der Waals surface area contributed by atoms with Gasteiger partial charge in [0, 0.05) is 35.2 Å². The molecule has 1 saturated heterocycles. The van der Waals surface area contributed by atoms with Gasteiger partial charge in [-0.25, -0.2) is 4.98 Å². The molecule has 2 aromatic rings. The number of halogens is 1. The van der Waals surface area contributed by atoms with Gasteiger partial charge in [-0.05, 0) is 43.5 Å². The van der Waals surface area contributed by atoms with E-state index in [4.69, 9.17) is 4.74 Å². The second kappa shape index (κ2) is 7.49. The smallest absolute Gasteiger partial charge is 0.290 e. The van der Waals surface area contributed by atoms with Crippen LogP contribution in [0.15, 0.2) is 41.0 Å². The van der Waals surface area contributed by atoms with Crippen LogP contribution in [0.1, 0.15) is 24.0 Å². The molecule has 1 fully saturated rings. The lowest BCUT2D eigenvalue weighted by atomic mass is 9.74. The first kappa shape index (κ1) is 17.8. The summed E-state index contributed by atoms with van der Waals surface area (Å²) in [6, 6.07) is 10.1. The van der Waals surface area contributed by atoms with Crippen molar-refractivity contribution >= 4 is 27.4 Å². The van der Waals surface area contributed by atoms with Crippen LogP contribution in [0.4, 0.5) is 11.5 Å². The third-order valence-electron chi connectivity index (χ3n) is 4.79. The van der Waals surface area contributed by atoms with Crippen molar-refractivity contribution in [2.24, 2.45) is 0 Å². The van der Waals surface area contributed by atoms with Gasteiger partial charge in [-0.2, -0.15) is 0 Å². The average Bonchev–Trinajstić information content (AvgIpc) is 2.61. The average molecular weight is 406 g/mol. The normalized spacial score (nSPS) is 16.4. The van der Waals surface area contributed by atoms with E-state index in [1.807, 2.05) is 0 Å². The van der Waals surface area contributed by atoms with Gasteiger partial charge in [0.15, 0.2) is 0 Å². The Hall–Kier alpha value is -1.99. The highest BCUT2D eigenvalue weighted by Gasteiger charge is 2.34. The van der Waals surface area contributed by atoms with E-state index in [9.17, 15) is 10.1 Å². The van der Waals surface area contributed by atoms with E-state index in [0.29, 0.717) is 17.9 Å². The molecule has 132 valence electrons. The van der Waals surface area contributed by atoms with Crippen molar-refractivity contribution < 1.29 is 9.66 Å². The van der Waals surface area contributed by atoms with Crippen molar-refractivity contribution in [1.29, 1.82) is 0 Å². The summed E-state index contributed by atoms with van der Waals surface area (Å²) in [7, 11) is 0. The minimum atomic E-state index is -0.409. The number of aromatic nitrogens is 1. The van der Waals surface area contributed by atoms with Crippen molar-refractivity contribution in [2.45, 2.75) is 25.2 Å². The van der Waals surface area contributed by atoms with Gasteiger partial charge in [0.2, 0.25) is 0 Å². The minimum absolute atomic E-state index is 0.0314. The fourth-order valence-electron chi connectivity index (χ4n) is 3.23. The number of nitro groups is 1. The van der Waals surface area contributed by atoms with E-state index in [2.05, 4.69) is 50.5 Å².